The second kappa shape index (κ2) is 8.97. The summed E-state index contributed by atoms with van der Waals surface area (Å²) in [5.74, 6) is 2.79. The third-order valence-corrected chi connectivity index (χ3v) is 5.70. The normalized spacial score (nSPS) is 17.6. The van der Waals surface area contributed by atoms with E-state index in [2.05, 4.69) is 14.9 Å². The number of hydrogen-bond donors (Lipinski definition) is 0. The molecule has 0 amide bonds. The van der Waals surface area contributed by atoms with Crippen LogP contribution in [0.15, 0.2) is 30.6 Å². The van der Waals surface area contributed by atoms with Gasteiger partial charge in [-0.15, -0.1) is 0 Å². The average molecular weight is 421 g/mol. The van der Waals surface area contributed by atoms with Crippen molar-refractivity contribution in [3.63, 3.8) is 0 Å². The van der Waals surface area contributed by atoms with Gasteiger partial charge in [-0.1, -0.05) is 18.9 Å². The Balaban J connectivity index is 1.54. The van der Waals surface area contributed by atoms with E-state index in [-0.39, 0.29) is 0 Å². The Bertz CT molecular complexity index is 1020. The number of pyridine rings is 1. The van der Waals surface area contributed by atoms with Crippen LogP contribution in [0.3, 0.4) is 0 Å². The van der Waals surface area contributed by atoms with Crippen molar-refractivity contribution in [2.75, 3.05) is 49.2 Å². The lowest BCUT2D eigenvalue weighted by atomic mass is 10.2. The molecule has 5 rings (SSSR count). The third-order valence-electron chi connectivity index (χ3n) is 5.70. The summed E-state index contributed by atoms with van der Waals surface area (Å²) in [5.41, 5.74) is 1.81. The molecular formula is C22H28N8O. The number of anilines is 2. The molecule has 2 saturated heterocycles. The summed E-state index contributed by atoms with van der Waals surface area (Å²) >= 11 is 0. The fourth-order valence-electron chi connectivity index (χ4n) is 4.00. The second-order valence-corrected chi connectivity index (χ2v) is 8.10. The zero-order valence-corrected chi connectivity index (χ0v) is 17.9. The van der Waals surface area contributed by atoms with E-state index in [1.165, 1.54) is 25.7 Å². The van der Waals surface area contributed by atoms with Crippen molar-refractivity contribution in [3.8, 4) is 17.3 Å². The molecule has 0 unspecified atom stereocenters. The van der Waals surface area contributed by atoms with E-state index >= 15 is 0 Å². The van der Waals surface area contributed by atoms with Gasteiger partial charge in [0.25, 0.3) is 0 Å². The third kappa shape index (κ3) is 4.51. The minimum absolute atomic E-state index is 0.599. The molecular weight excluding hydrogens is 392 g/mol. The number of nitrogens with zero attached hydrogens (tertiary/aromatic N) is 8. The molecule has 5 heterocycles. The molecule has 9 nitrogen and oxygen atoms in total. The largest absolute Gasteiger partial charge is 0.378 e. The van der Waals surface area contributed by atoms with Crippen LogP contribution in [0.25, 0.3) is 17.3 Å². The minimum atomic E-state index is 0.599. The van der Waals surface area contributed by atoms with E-state index in [0.29, 0.717) is 25.0 Å². The summed E-state index contributed by atoms with van der Waals surface area (Å²) in [4.78, 5) is 23.8. The lowest BCUT2D eigenvalue weighted by Crippen LogP contribution is -2.38. The maximum absolute atomic E-state index is 5.52. The van der Waals surface area contributed by atoms with E-state index < -0.39 is 0 Å². The number of aromatic nitrogens is 6. The minimum Gasteiger partial charge on any atom is -0.378 e. The highest BCUT2D eigenvalue weighted by molar-refractivity contribution is 5.56. The summed E-state index contributed by atoms with van der Waals surface area (Å²) in [7, 11) is 0. The number of rotatable bonds is 4. The van der Waals surface area contributed by atoms with Crippen LogP contribution in [0.2, 0.25) is 0 Å². The van der Waals surface area contributed by atoms with Gasteiger partial charge in [-0.2, -0.15) is 20.1 Å². The number of morpholine rings is 1. The van der Waals surface area contributed by atoms with Crippen LogP contribution >= 0.6 is 0 Å². The van der Waals surface area contributed by atoms with E-state index in [4.69, 9.17) is 24.7 Å². The average Bonchev–Trinajstić information content (AvgIpc) is 3.08. The summed E-state index contributed by atoms with van der Waals surface area (Å²) in [6, 6.07) is 5.86. The lowest BCUT2D eigenvalue weighted by Gasteiger charge is -2.28. The highest BCUT2D eigenvalue weighted by Gasteiger charge is 2.21. The highest BCUT2D eigenvalue weighted by Crippen LogP contribution is 2.23. The maximum atomic E-state index is 5.52. The van der Waals surface area contributed by atoms with Crippen LogP contribution < -0.4 is 9.80 Å². The molecule has 162 valence electrons. The summed E-state index contributed by atoms with van der Waals surface area (Å²) in [6.45, 7) is 6.91. The molecule has 2 aliphatic heterocycles. The molecule has 0 atom stereocenters. The molecule has 2 fully saturated rings. The molecule has 9 heteroatoms. The summed E-state index contributed by atoms with van der Waals surface area (Å²) in [5, 5.41) is 4.38. The van der Waals surface area contributed by atoms with Gasteiger partial charge in [0.1, 0.15) is 5.69 Å². The first-order valence-electron chi connectivity index (χ1n) is 11.1. The van der Waals surface area contributed by atoms with Gasteiger partial charge in [-0.05, 0) is 37.5 Å². The second-order valence-electron chi connectivity index (χ2n) is 8.10. The fourth-order valence-corrected chi connectivity index (χ4v) is 4.00. The first-order valence-corrected chi connectivity index (χ1v) is 11.1. The molecule has 3 aromatic heterocycles. The molecule has 0 radical (unpaired) electrons. The Labute approximate surface area is 182 Å². The summed E-state index contributed by atoms with van der Waals surface area (Å²) in [6.07, 6.45) is 8.64. The molecule has 2 aliphatic rings. The predicted octanol–water partition coefficient (Wildman–Crippen LogP) is 2.64. The zero-order valence-electron chi connectivity index (χ0n) is 17.9. The van der Waals surface area contributed by atoms with Gasteiger partial charge in [-0.25, -0.2) is 9.67 Å². The van der Waals surface area contributed by atoms with Crippen LogP contribution in [0.1, 0.15) is 31.2 Å². The molecule has 0 saturated carbocycles. The molecule has 31 heavy (non-hydrogen) atoms. The van der Waals surface area contributed by atoms with Crippen molar-refractivity contribution in [2.45, 2.75) is 32.6 Å². The van der Waals surface area contributed by atoms with E-state index in [1.54, 1.807) is 4.68 Å². The van der Waals surface area contributed by atoms with Crippen molar-refractivity contribution in [2.24, 2.45) is 0 Å². The predicted molar refractivity (Wildman–Crippen MR) is 119 cm³/mol. The Morgan fingerprint density at radius 1 is 0.806 bits per heavy atom. The van der Waals surface area contributed by atoms with Gasteiger partial charge in [0.2, 0.25) is 11.9 Å². The van der Waals surface area contributed by atoms with Gasteiger partial charge in [0.05, 0.1) is 19.4 Å². The number of ether oxygens (including phenoxy) is 1. The highest BCUT2D eigenvalue weighted by atomic mass is 16.5. The molecule has 0 bridgehead atoms. The maximum Gasteiger partial charge on any atom is 0.230 e. The van der Waals surface area contributed by atoms with Gasteiger partial charge in [0.15, 0.2) is 11.6 Å². The first kappa shape index (κ1) is 19.9. The standard InChI is InChI=1S/C22H28N8O/c1-17-15-23-30(16-17)19-8-6-7-18(24-19)20-25-21(28-9-4-2-3-5-10-28)27-22(26-20)29-11-13-31-14-12-29/h6-8,15-16H,2-5,9-14H2,1H3. The molecule has 0 N–H and O–H groups in total. The Morgan fingerprint density at radius 3 is 2.19 bits per heavy atom. The van der Waals surface area contributed by atoms with E-state index in [0.717, 1.165) is 49.2 Å². The van der Waals surface area contributed by atoms with Gasteiger partial charge in [0, 0.05) is 32.4 Å². The van der Waals surface area contributed by atoms with Gasteiger partial charge < -0.3 is 14.5 Å². The lowest BCUT2D eigenvalue weighted by molar-refractivity contribution is 0.122. The first-order chi connectivity index (χ1) is 15.3. The fraction of sp³-hybridized carbons (Fsp3) is 0.500. The van der Waals surface area contributed by atoms with Crippen LogP contribution in [-0.2, 0) is 4.74 Å². The Morgan fingerprint density at radius 2 is 1.52 bits per heavy atom. The van der Waals surface area contributed by atoms with Crippen LogP contribution in [-0.4, -0.2) is 69.1 Å². The van der Waals surface area contributed by atoms with Crippen molar-refractivity contribution < 1.29 is 4.74 Å². The van der Waals surface area contributed by atoms with Gasteiger partial charge in [-0.3, -0.25) is 0 Å². The van der Waals surface area contributed by atoms with Crippen LogP contribution in [0, 0.1) is 6.92 Å². The Kier molecular flexibility index (Phi) is 5.75. The molecule has 3 aromatic rings. The van der Waals surface area contributed by atoms with E-state index in [9.17, 15) is 0 Å². The number of aryl methyl sites for hydroxylation is 1. The van der Waals surface area contributed by atoms with Crippen molar-refractivity contribution in [3.05, 3.63) is 36.2 Å². The SMILES string of the molecule is Cc1cnn(-c2cccc(-c3nc(N4CCCCCC4)nc(N4CCOCC4)n3)n2)c1. The summed E-state index contributed by atoms with van der Waals surface area (Å²) < 4.78 is 7.30. The van der Waals surface area contributed by atoms with Crippen molar-refractivity contribution in [1.82, 2.24) is 29.7 Å². The zero-order chi connectivity index (χ0) is 21.0. The van der Waals surface area contributed by atoms with Crippen molar-refractivity contribution in [1.29, 1.82) is 0 Å². The topological polar surface area (TPSA) is 85.1 Å². The number of hydrogen-bond acceptors (Lipinski definition) is 8. The monoisotopic (exact) mass is 420 g/mol. The Hall–Kier alpha value is -3.07. The van der Waals surface area contributed by atoms with Crippen molar-refractivity contribution >= 4 is 11.9 Å². The smallest absolute Gasteiger partial charge is 0.230 e. The quantitative estimate of drug-likeness (QED) is 0.637. The van der Waals surface area contributed by atoms with Crippen LogP contribution in [0.4, 0.5) is 11.9 Å². The van der Waals surface area contributed by atoms with Crippen LogP contribution in [0.5, 0.6) is 0 Å². The van der Waals surface area contributed by atoms with Gasteiger partial charge >= 0.3 is 0 Å². The van der Waals surface area contributed by atoms with E-state index in [1.807, 2.05) is 37.5 Å². The molecule has 0 aromatic carbocycles. The molecule has 0 spiro atoms. The molecule has 0 aliphatic carbocycles.